The van der Waals surface area contributed by atoms with Gasteiger partial charge >= 0.3 is 0 Å². The van der Waals surface area contributed by atoms with Crippen molar-refractivity contribution in [3.63, 3.8) is 0 Å². The molecule has 160 valence electrons. The molecule has 0 radical (unpaired) electrons. The maximum atomic E-state index is 14.0. The van der Waals surface area contributed by atoms with E-state index in [1.807, 2.05) is 30.3 Å². The number of halogens is 2. The molecule has 0 unspecified atom stereocenters. The van der Waals surface area contributed by atoms with Crippen molar-refractivity contribution in [1.29, 1.82) is 0 Å². The van der Waals surface area contributed by atoms with Crippen LogP contribution in [-0.4, -0.2) is 28.9 Å². The molecule has 1 saturated heterocycles. The molecule has 1 aliphatic heterocycles. The average Bonchev–Trinajstić information content (AvgIpc) is 2.80. The number of nitrogens with one attached hydrogen (secondary N) is 1. The van der Waals surface area contributed by atoms with Crippen LogP contribution in [0, 0.1) is 17.6 Å². The molecule has 1 aliphatic rings. The molecule has 4 rings (SSSR count). The Kier molecular flexibility index (Phi) is 6.67. The molecule has 1 fully saturated rings. The lowest BCUT2D eigenvalue weighted by Crippen LogP contribution is -2.41. The number of pyridine rings is 1. The van der Waals surface area contributed by atoms with Crippen LogP contribution in [0.15, 0.2) is 72.9 Å². The molecule has 31 heavy (non-hydrogen) atoms. The van der Waals surface area contributed by atoms with Gasteiger partial charge in [0.2, 0.25) is 0 Å². The Morgan fingerprint density at radius 2 is 1.81 bits per heavy atom. The van der Waals surface area contributed by atoms with E-state index in [2.05, 4.69) is 15.2 Å². The van der Waals surface area contributed by atoms with Gasteiger partial charge in [-0.1, -0.05) is 30.3 Å². The third-order valence-electron chi connectivity index (χ3n) is 5.84. The van der Waals surface area contributed by atoms with Crippen LogP contribution in [0.2, 0.25) is 0 Å². The fourth-order valence-corrected chi connectivity index (χ4v) is 4.16. The molecule has 3 aromatic rings. The molecule has 6 heteroatoms. The van der Waals surface area contributed by atoms with E-state index in [4.69, 9.17) is 0 Å². The van der Waals surface area contributed by atoms with E-state index in [9.17, 15) is 13.6 Å². The van der Waals surface area contributed by atoms with Gasteiger partial charge in [-0.05, 0) is 68.2 Å². The molecule has 1 aromatic heterocycles. The van der Waals surface area contributed by atoms with Gasteiger partial charge in [0.15, 0.2) is 0 Å². The zero-order valence-electron chi connectivity index (χ0n) is 17.2. The molecule has 1 amide bonds. The Morgan fingerprint density at radius 1 is 1.03 bits per heavy atom. The predicted molar refractivity (Wildman–Crippen MR) is 115 cm³/mol. The van der Waals surface area contributed by atoms with Gasteiger partial charge in [-0.3, -0.25) is 14.7 Å². The fraction of sp³-hybridized carbons (Fsp3) is 0.280. The SMILES string of the molecule is O=C(N[C@H](c1ccccn1)C1CCN(Cc2ccccc2F)CC1)c1cccc(F)c1. The van der Waals surface area contributed by atoms with E-state index < -0.39 is 5.82 Å². The molecule has 2 heterocycles. The second kappa shape index (κ2) is 9.79. The van der Waals surface area contributed by atoms with Gasteiger partial charge in [0.05, 0.1) is 11.7 Å². The first kappa shape index (κ1) is 21.1. The highest BCUT2D eigenvalue weighted by atomic mass is 19.1. The van der Waals surface area contributed by atoms with Crippen LogP contribution >= 0.6 is 0 Å². The van der Waals surface area contributed by atoms with Crippen LogP contribution in [0.3, 0.4) is 0 Å². The molecule has 4 nitrogen and oxygen atoms in total. The number of hydrogen-bond acceptors (Lipinski definition) is 3. The number of piperidine rings is 1. The molecule has 2 aromatic carbocycles. The topological polar surface area (TPSA) is 45.2 Å². The number of nitrogens with zero attached hydrogens (tertiary/aromatic N) is 2. The van der Waals surface area contributed by atoms with Gasteiger partial charge < -0.3 is 5.32 Å². The Morgan fingerprint density at radius 3 is 2.52 bits per heavy atom. The van der Waals surface area contributed by atoms with Gasteiger partial charge in [-0.2, -0.15) is 0 Å². The zero-order valence-corrected chi connectivity index (χ0v) is 17.2. The third kappa shape index (κ3) is 5.33. The maximum Gasteiger partial charge on any atom is 0.251 e. The fourth-order valence-electron chi connectivity index (χ4n) is 4.16. The lowest BCUT2D eigenvalue weighted by Gasteiger charge is -2.36. The number of carbonyl (C=O) groups is 1. The van der Waals surface area contributed by atoms with Crippen LogP contribution in [0.4, 0.5) is 8.78 Å². The van der Waals surface area contributed by atoms with Gasteiger partial charge in [0.25, 0.3) is 5.91 Å². The summed E-state index contributed by atoms with van der Waals surface area (Å²) in [6.45, 7) is 2.18. The molecule has 0 bridgehead atoms. The van der Waals surface area contributed by atoms with Crippen LogP contribution in [-0.2, 0) is 6.54 Å². The van der Waals surface area contributed by atoms with E-state index in [0.717, 1.165) is 31.6 Å². The molecule has 1 atom stereocenters. The van der Waals surface area contributed by atoms with Crippen molar-refractivity contribution in [3.05, 3.63) is 101 Å². The Labute approximate surface area is 180 Å². The van der Waals surface area contributed by atoms with Gasteiger partial charge in [0, 0.05) is 23.9 Å². The number of rotatable bonds is 6. The number of amides is 1. The molecular weight excluding hydrogens is 396 g/mol. The van der Waals surface area contributed by atoms with Gasteiger partial charge in [-0.15, -0.1) is 0 Å². The van der Waals surface area contributed by atoms with Crippen LogP contribution in [0.5, 0.6) is 0 Å². The highest BCUT2D eigenvalue weighted by Crippen LogP contribution is 2.31. The summed E-state index contributed by atoms with van der Waals surface area (Å²) in [5.41, 5.74) is 1.78. The summed E-state index contributed by atoms with van der Waals surface area (Å²) in [4.78, 5) is 19.5. The minimum absolute atomic E-state index is 0.182. The maximum absolute atomic E-state index is 14.0. The van der Waals surface area contributed by atoms with Gasteiger partial charge in [0.1, 0.15) is 11.6 Å². The smallest absolute Gasteiger partial charge is 0.251 e. The number of benzene rings is 2. The normalized spacial score (nSPS) is 16.1. The quantitative estimate of drug-likeness (QED) is 0.625. The van der Waals surface area contributed by atoms with Crippen molar-refractivity contribution in [2.24, 2.45) is 5.92 Å². The second-order valence-corrected chi connectivity index (χ2v) is 7.92. The summed E-state index contributed by atoms with van der Waals surface area (Å²) < 4.78 is 27.6. The van der Waals surface area contributed by atoms with E-state index >= 15 is 0 Å². The number of likely N-dealkylation sites (tertiary alicyclic amines) is 1. The first-order chi connectivity index (χ1) is 15.1. The third-order valence-corrected chi connectivity index (χ3v) is 5.84. The first-order valence-electron chi connectivity index (χ1n) is 10.5. The zero-order chi connectivity index (χ0) is 21.6. The second-order valence-electron chi connectivity index (χ2n) is 7.92. The Hall–Kier alpha value is -3.12. The number of aromatic nitrogens is 1. The highest BCUT2D eigenvalue weighted by Gasteiger charge is 2.30. The van der Waals surface area contributed by atoms with Crippen molar-refractivity contribution in [3.8, 4) is 0 Å². The van der Waals surface area contributed by atoms with Crippen molar-refractivity contribution in [1.82, 2.24) is 15.2 Å². The minimum atomic E-state index is -0.441. The molecular formula is C25H25F2N3O. The molecule has 0 aliphatic carbocycles. The standard InChI is InChI=1S/C25H25F2N3O/c26-21-8-5-7-19(16-21)25(31)29-24(23-10-3-4-13-28-23)18-11-14-30(15-12-18)17-20-6-1-2-9-22(20)27/h1-10,13,16,18,24H,11-12,14-15,17H2,(H,29,31)/t24-/m0/s1. The monoisotopic (exact) mass is 421 g/mol. The van der Waals surface area contributed by atoms with Crippen LogP contribution in [0.1, 0.15) is 40.5 Å². The van der Waals surface area contributed by atoms with Crippen LogP contribution < -0.4 is 5.32 Å². The summed E-state index contributed by atoms with van der Waals surface area (Å²) in [6, 6.07) is 17.9. The first-order valence-corrected chi connectivity index (χ1v) is 10.5. The van der Waals surface area contributed by atoms with Crippen molar-refractivity contribution in [2.45, 2.75) is 25.4 Å². The molecule has 1 N–H and O–H groups in total. The molecule has 0 spiro atoms. The minimum Gasteiger partial charge on any atom is -0.343 e. The van der Waals surface area contributed by atoms with E-state index in [-0.39, 0.29) is 29.2 Å². The number of carbonyl (C=O) groups excluding carboxylic acids is 1. The summed E-state index contributed by atoms with van der Waals surface area (Å²) in [6.07, 6.45) is 3.40. The summed E-state index contributed by atoms with van der Waals surface area (Å²) in [7, 11) is 0. The van der Waals surface area contributed by atoms with Crippen molar-refractivity contribution in [2.75, 3.05) is 13.1 Å². The van der Waals surface area contributed by atoms with Crippen LogP contribution in [0.25, 0.3) is 0 Å². The Bertz CT molecular complexity index is 1020. The van der Waals surface area contributed by atoms with E-state index in [1.165, 1.54) is 24.3 Å². The molecule has 0 saturated carbocycles. The van der Waals surface area contributed by atoms with E-state index in [0.29, 0.717) is 12.1 Å². The Balaban J connectivity index is 1.45. The number of hydrogen-bond donors (Lipinski definition) is 1. The van der Waals surface area contributed by atoms with Crippen molar-refractivity contribution >= 4 is 5.91 Å². The average molecular weight is 421 g/mol. The largest absolute Gasteiger partial charge is 0.343 e. The van der Waals surface area contributed by atoms with E-state index in [1.54, 1.807) is 18.3 Å². The lowest BCUT2D eigenvalue weighted by molar-refractivity contribution is 0.0887. The highest BCUT2D eigenvalue weighted by molar-refractivity contribution is 5.94. The summed E-state index contributed by atoms with van der Waals surface area (Å²) in [5.74, 6) is -0.755. The van der Waals surface area contributed by atoms with Crippen molar-refractivity contribution < 1.29 is 13.6 Å². The van der Waals surface area contributed by atoms with Gasteiger partial charge in [-0.25, -0.2) is 8.78 Å². The summed E-state index contributed by atoms with van der Waals surface area (Å²) in [5, 5.41) is 3.07. The summed E-state index contributed by atoms with van der Waals surface area (Å²) >= 11 is 0. The predicted octanol–water partition coefficient (Wildman–Crippen LogP) is 4.74. The lowest BCUT2D eigenvalue weighted by atomic mass is 9.87.